The summed E-state index contributed by atoms with van der Waals surface area (Å²) in [5.41, 5.74) is 1.88. The average Bonchev–Trinajstić information content (AvgIpc) is 3.38. The smallest absolute Gasteiger partial charge is 0.260 e. The Morgan fingerprint density at radius 3 is 2.76 bits per heavy atom. The number of amides is 1. The number of carbonyl (C=O) groups is 2. The van der Waals surface area contributed by atoms with Crippen molar-refractivity contribution in [1.29, 1.82) is 0 Å². The van der Waals surface area contributed by atoms with E-state index < -0.39 is 0 Å². The summed E-state index contributed by atoms with van der Waals surface area (Å²) < 4.78 is 16.8. The van der Waals surface area contributed by atoms with Gasteiger partial charge in [-0.05, 0) is 24.3 Å². The van der Waals surface area contributed by atoms with Crippen molar-refractivity contribution in [3.63, 3.8) is 0 Å². The normalized spacial score (nSPS) is 16.9. The SMILES string of the molecule is COc1c(OCC(=O)N2CCOCC2)ccc2c1N=C(CC(=O)c1cccnc1)N1CCN=C21. The zero-order valence-electron chi connectivity index (χ0n) is 18.9. The Morgan fingerprint density at radius 2 is 2.00 bits per heavy atom. The molecule has 3 aliphatic heterocycles. The highest BCUT2D eigenvalue weighted by atomic mass is 16.5. The van der Waals surface area contributed by atoms with Crippen LogP contribution in [-0.4, -0.2) is 91.3 Å². The van der Waals surface area contributed by atoms with E-state index in [-0.39, 0.29) is 24.7 Å². The molecule has 0 unspecified atom stereocenters. The Balaban J connectivity index is 1.42. The fourth-order valence-electron chi connectivity index (χ4n) is 4.23. The van der Waals surface area contributed by atoms with E-state index in [9.17, 15) is 9.59 Å². The lowest BCUT2D eigenvalue weighted by molar-refractivity contribution is -0.137. The summed E-state index contributed by atoms with van der Waals surface area (Å²) in [6.07, 6.45) is 3.29. The summed E-state index contributed by atoms with van der Waals surface area (Å²) in [7, 11) is 1.53. The molecule has 0 radical (unpaired) electrons. The van der Waals surface area contributed by atoms with Crippen LogP contribution in [-0.2, 0) is 9.53 Å². The van der Waals surface area contributed by atoms with Crippen LogP contribution in [0, 0.1) is 0 Å². The highest BCUT2D eigenvalue weighted by Crippen LogP contribution is 2.43. The first-order chi connectivity index (χ1) is 16.7. The van der Waals surface area contributed by atoms with Crippen LogP contribution in [0.4, 0.5) is 5.69 Å². The molecule has 0 bridgehead atoms. The molecule has 176 valence electrons. The van der Waals surface area contributed by atoms with E-state index in [4.69, 9.17) is 19.2 Å². The van der Waals surface area contributed by atoms with Crippen molar-refractivity contribution < 1.29 is 23.8 Å². The van der Waals surface area contributed by atoms with E-state index >= 15 is 0 Å². The molecule has 1 aromatic carbocycles. The molecule has 0 atom stereocenters. The zero-order chi connectivity index (χ0) is 23.5. The Morgan fingerprint density at radius 1 is 1.15 bits per heavy atom. The van der Waals surface area contributed by atoms with Crippen molar-refractivity contribution in [2.75, 3.05) is 53.1 Å². The molecule has 0 aliphatic carbocycles. The molecule has 1 fully saturated rings. The van der Waals surface area contributed by atoms with Gasteiger partial charge in [0.2, 0.25) is 0 Å². The van der Waals surface area contributed by atoms with Crippen LogP contribution in [0.1, 0.15) is 22.3 Å². The largest absolute Gasteiger partial charge is 0.491 e. The molecule has 1 amide bonds. The van der Waals surface area contributed by atoms with E-state index in [1.54, 1.807) is 35.5 Å². The van der Waals surface area contributed by atoms with Gasteiger partial charge in [0.25, 0.3) is 5.91 Å². The van der Waals surface area contributed by atoms with Gasteiger partial charge in [-0.3, -0.25) is 19.6 Å². The maximum absolute atomic E-state index is 12.9. The van der Waals surface area contributed by atoms with E-state index in [1.165, 1.54) is 7.11 Å². The molecule has 1 saturated heterocycles. The molecular weight excluding hydrogens is 438 g/mol. The number of hydrogen-bond donors (Lipinski definition) is 0. The highest BCUT2D eigenvalue weighted by Gasteiger charge is 2.33. The fourth-order valence-corrected chi connectivity index (χ4v) is 4.23. The molecule has 5 rings (SSSR count). The van der Waals surface area contributed by atoms with Gasteiger partial charge in [0.05, 0.1) is 33.3 Å². The lowest BCUT2D eigenvalue weighted by Gasteiger charge is -2.29. The van der Waals surface area contributed by atoms with Gasteiger partial charge >= 0.3 is 0 Å². The van der Waals surface area contributed by atoms with Crippen molar-refractivity contribution in [3.05, 3.63) is 47.8 Å². The van der Waals surface area contributed by atoms with Crippen molar-refractivity contribution in [3.8, 4) is 11.5 Å². The molecule has 4 heterocycles. The van der Waals surface area contributed by atoms with Gasteiger partial charge in [0.1, 0.15) is 17.4 Å². The first kappa shape index (κ1) is 22.0. The Kier molecular flexibility index (Phi) is 6.22. The maximum atomic E-state index is 12.9. The van der Waals surface area contributed by atoms with E-state index in [0.29, 0.717) is 68.0 Å². The van der Waals surface area contributed by atoms with Crippen LogP contribution in [0.3, 0.4) is 0 Å². The number of ether oxygens (including phenoxy) is 3. The fraction of sp³-hybridized carbons (Fsp3) is 0.375. The molecule has 10 nitrogen and oxygen atoms in total. The minimum Gasteiger partial charge on any atom is -0.491 e. The number of amidine groups is 2. The van der Waals surface area contributed by atoms with Gasteiger partial charge in [-0.1, -0.05) is 0 Å². The number of ketones is 1. The molecule has 1 aromatic heterocycles. The van der Waals surface area contributed by atoms with Crippen LogP contribution in [0.25, 0.3) is 0 Å². The number of nitrogens with zero attached hydrogens (tertiary/aromatic N) is 5. The number of benzene rings is 1. The number of aromatic nitrogens is 1. The number of methoxy groups -OCH3 is 1. The van der Waals surface area contributed by atoms with Crippen molar-refractivity contribution in [1.82, 2.24) is 14.8 Å². The zero-order valence-corrected chi connectivity index (χ0v) is 18.9. The summed E-state index contributed by atoms with van der Waals surface area (Å²) >= 11 is 0. The number of Topliss-reactive ketones (excluding diaryl/α,β-unsaturated/α-hetero) is 1. The number of hydrogen-bond acceptors (Lipinski definition) is 9. The minimum atomic E-state index is -0.113. The Hall–Kier alpha value is -3.79. The Labute approximate surface area is 196 Å². The lowest BCUT2D eigenvalue weighted by atomic mass is 10.0. The van der Waals surface area contributed by atoms with Gasteiger partial charge in [0.15, 0.2) is 23.9 Å². The molecule has 10 heteroatoms. The summed E-state index contributed by atoms with van der Waals surface area (Å²) in [6.45, 7) is 3.32. The number of carbonyl (C=O) groups excluding carboxylic acids is 2. The number of rotatable bonds is 7. The van der Waals surface area contributed by atoms with Crippen LogP contribution in [0.2, 0.25) is 0 Å². The molecule has 3 aliphatic rings. The second kappa shape index (κ2) is 9.60. The molecule has 2 aromatic rings. The van der Waals surface area contributed by atoms with Gasteiger partial charge in [-0.2, -0.15) is 0 Å². The first-order valence-corrected chi connectivity index (χ1v) is 11.2. The third kappa shape index (κ3) is 4.24. The van der Waals surface area contributed by atoms with Crippen LogP contribution in [0.15, 0.2) is 46.6 Å². The number of pyridine rings is 1. The van der Waals surface area contributed by atoms with Gasteiger partial charge < -0.3 is 24.0 Å². The van der Waals surface area contributed by atoms with Crippen molar-refractivity contribution in [2.45, 2.75) is 6.42 Å². The van der Waals surface area contributed by atoms with Crippen LogP contribution < -0.4 is 9.47 Å². The molecule has 34 heavy (non-hydrogen) atoms. The van der Waals surface area contributed by atoms with Gasteiger partial charge in [-0.25, -0.2) is 4.99 Å². The van der Waals surface area contributed by atoms with Gasteiger partial charge in [0, 0.05) is 43.2 Å². The molecule has 0 N–H and O–H groups in total. The van der Waals surface area contributed by atoms with E-state index in [1.807, 2.05) is 11.0 Å². The third-order valence-corrected chi connectivity index (χ3v) is 5.95. The van der Waals surface area contributed by atoms with Crippen molar-refractivity contribution >= 4 is 29.0 Å². The van der Waals surface area contributed by atoms with E-state index in [0.717, 1.165) is 11.4 Å². The number of aliphatic imine (C=N–C) groups is 2. The lowest BCUT2D eigenvalue weighted by Crippen LogP contribution is -2.43. The third-order valence-electron chi connectivity index (χ3n) is 5.95. The average molecular weight is 463 g/mol. The second-order valence-corrected chi connectivity index (χ2v) is 8.00. The summed E-state index contributed by atoms with van der Waals surface area (Å²) in [6, 6.07) is 7.11. The van der Waals surface area contributed by atoms with Crippen LogP contribution in [0.5, 0.6) is 11.5 Å². The predicted molar refractivity (Wildman–Crippen MR) is 124 cm³/mol. The first-order valence-electron chi connectivity index (χ1n) is 11.2. The summed E-state index contributed by atoms with van der Waals surface area (Å²) in [5.74, 6) is 1.99. The van der Waals surface area contributed by atoms with E-state index in [2.05, 4.69) is 9.98 Å². The number of morpholine rings is 1. The van der Waals surface area contributed by atoms with Gasteiger partial charge in [-0.15, -0.1) is 0 Å². The number of fused-ring (bicyclic) bond motifs is 3. The standard InChI is InChI=1S/C24H25N5O5/c1-32-23-19(34-15-21(31)28-9-11-33-12-10-28)5-4-17-22(23)27-20(29-8-7-26-24(17)29)13-18(30)16-3-2-6-25-14-16/h2-6,14H,7-13,15H2,1H3. The van der Waals surface area contributed by atoms with Crippen LogP contribution >= 0.6 is 0 Å². The highest BCUT2D eigenvalue weighted by molar-refractivity contribution is 6.21. The summed E-state index contributed by atoms with van der Waals surface area (Å²) in [4.78, 5) is 42.6. The quantitative estimate of drug-likeness (QED) is 0.576. The predicted octanol–water partition coefficient (Wildman–Crippen LogP) is 1.71. The molecular formula is C24H25N5O5. The minimum absolute atomic E-state index is 0.0796. The molecule has 0 spiro atoms. The summed E-state index contributed by atoms with van der Waals surface area (Å²) in [5, 5.41) is 0. The molecule has 0 saturated carbocycles. The topological polar surface area (TPSA) is 106 Å². The Bertz CT molecular complexity index is 1160. The second-order valence-electron chi connectivity index (χ2n) is 8.00. The van der Waals surface area contributed by atoms with Crippen molar-refractivity contribution in [2.24, 2.45) is 9.98 Å². The maximum Gasteiger partial charge on any atom is 0.260 e. The monoisotopic (exact) mass is 463 g/mol.